The molecule has 1 aliphatic rings. The predicted octanol–water partition coefficient (Wildman–Crippen LogP) is 2.11. The molecule has 0 unspecified atom stereocenters. The van der Waals surface area contributed by atoms with Gasteiger partial charge in [0.2, 0.25) is 0 Å². The van der Waals surface area contributed by atoms with Crippen molar-refractivity contribution >= 4 is 10.2 Å². The highest BCUT2D eigenvalue weighted by atomic mass is 32.3. The van der Waals surface area contributed by atoms with Gasteiger partial charge < -0.3 is 0 Å². The first kappa shape index (κ1) is 9.96. The van der Waals surface area contributed by atoms with Crippen LogP contribution < -0.4 is 0 Å². The molecule has 0 N–H and O–H groups in total. The molecule has 0 heterocycles. The lowest BCUT2D eigenvalue weighted by Crippen LogP contribution is -2.40. The average Bonchev–Trinajstić information content (AvgIpc) is 1.75. The fourth-order valence-electron chi connectivity index (χ4n) is 1.86. The zero-order valence-electron chi connectivity index (χ0n) is 7.51. The third kappa shape index (κ3) is 1.97. The van der Waals surface area contributed by atoms with Crippen LogP contribution in [-0.4, -0.2) is 14.2 Å². The topological polar surface area (TPSA) is 34.1 Å². The first-order valence-electron chi connectivity index (χ1n) is 4.28. The molecule has 2 nitrogen and oxygen atoms in total. The molecular weight excluding hydrogens is 179 g/mol. The van der Waals surface area contributed by atoms with Crippen LogP contribution in [0.15, 0.2) is 0 Å². The van der Waals surface area contributed by atoms with Crippen LogP contribution in [0.2, 0.25) is 0 Å². The summed E-state index contributed by atoms with van der Waals surface area (Å²) in [5.41, 5.74) is -0.256. The minimum absolute atomic E-state index is 0.256. The van der Waals surface area contributed by atoms with Gasteiger partial charge in [0.05, 0.1) is 5.75 Å². The molecule has 0 atom stereocenters. The Kier molecular flexibility index (Phi) is 2.47. The third-order valence-corrected chi connectivity index (χ3v) is 3.95. The number of rotatable bonds is 3. The van der Waals surface area contributed by atoms with Crippen LogP contribution in [0.1, 0.15) is 33.1 Å². The Morgan fingerprint density at radius 2 is 1.92 bits per heavy atom. The zero-order valence-corrected chi connectivity index (χ0v) is 8.32. The average molecular weight is 194 g/mol. The Balaban J connectivity index is 2.70. The largest absolute Gasteiger partial charge is 0.302 e. The van der Waals surface area contributed by atoms with Crippen LogP contribution in [-0.2, 0) is 10.2 Å². The molecule has 72 valence electrons. The standard InChI is InChI=1S/C8H15FO2S/c1-7(2)8(4-3-5-8)6-12(9,10)11/h7H,3-6H2,1-2H3. The summed E-state index contributed by atoms with van der Waals surface area (Å²) in [6, 6.07) is 0. The monoisotopic (exact) mass is 194 g/mol. The molecule has 4 heteroatoms. The Bertz CT molecular complexity index is 252. The first-order chi connectivity index (χ1) is 5.36. The Hall–Kier alpha value is -0.120. The first-order valence-corrected chi connectivity index (χ1v) is 5.83. The Morgan fingerprint density at radius 1 is 1.42 bits per heavy atom. The highest BCUT2D eigenvalue weighted by molar-refractivity contribution is 7.86. The lowest BCUT2D eigenvalue weighted by atomic mass is 9.63. The summed E-state index contributed by atoms with van der Waals surface area (Å²) in [5.74, 6) is -0.0192. The summed E-state index contributed by atoms with van der Waals surface area (Å²) in [5, 5.41) is 0. The maximum Gasteiger partial charge on any atom is 0.302 e. The van der Waals surface area contributed by atoms with Gasteiger partial charge in [-0.2, -0.15) is 8.42 Å². The molecule has 1 fully saturated rings. The van der Waals surface area contributed by atoms with Crippen molar-refractivity contribution in [1.29, 1.82) is 0 Å². The smallest absolute Gasteiger partial charge is 0.195 e. The lowest BCUT2D eigenvalue weighted by Gasteiger charge is -2.44. The SMILES string of the molecule is CC(C)C1(CS(=O)(=O)F)CCC1. The summed E-state index contributed by atoms with van der Waals surface area (Å²) in [6.07, 6.45) is 2.75. The molecule has 0 bridgehead atoms. The van der Waals surface area contributed by atoms with Crippen LogP contribution in [0, 0.1) is 11.3 Å². The van der Waals surface area contributed by atoms with E-state index in [-0.39, 0.29) is 17.1 Å². The maximum absolute atomic E-state index is 12.4. The van der Waals surface area contributed by atoms with Gasteiger partial charge in [-0.05, 0) is 24.2 Å². The molecule has 1 saturated carbocycles. The lowest BCUT2D eigenvalue weighted by molar-refractivity contribution is 0.0960. The van der Waals surface area contributed by atoms with E-state index in [0.29, 0.717) is 0 Å². The molecule has 0 spiro atoms. The zero-order chi connectivity index (χ0) is 9.41. The number of hydrogen-bond donors (Lipinski definition) is 0. The molecular formula is C8H15FO2S. The fraction of sp³-hybridized carbons (Fsp3) is 1.00. The molecule has 0 radical (unpaired) electrons. The van der Waals surface area contributed by atoms with Gasteiger partial charge in [0, 0.05) is 0 Å². The van der Waals surface area contributed by atoms with Crippen molar-refractivity contribution in [3.8, 4) is 0 Å². The second-order valence-corrected chi connectivity index (χ2v) is 5.42. The second kappa shape index (κ2) is 2.98. The van der Waals surface area contributed by atoms with Crippen LogP contribution >= 0.6 is 0 Å². The summed E-state index contributed by atoms with van der Waals surface area (Å²) >= 11 is 0. The van der Waals surface area contributed by atoms with Gasteiger partial charge in [-0.15, -0.1) is 3.89 Å². The van der Waals surface area contributed by atoms with E-state index in [1.807, 2.05) is 13.8 Å². The molecule has 12 heavy (non-hydrogen) atoms. The summed E-state index contributed by atoms with van der Waals surface area (Å²) in [4.78, 5) is 0. The minimum Gasteiger partial charge on any atom is -0.195 e. The van der Waals surface area contributed by atoms with E-state index in [2.05, 4.69) is 0 Å². The summed E-state index contributed by atoms with van der Waals surface area (Å²) in [7, 11) is -4.29. The van der Waals surface area contributed by atoms with Crippen molar-refractivity contribution in [3.05, 3.63) is 0 Å². The van der Waals surface area contributed by atoms with E-state index in [0.717, 1.165) is 19.3 Å². The van der Waals surface area contributed by atoms with E-state index in [9.17, 15) is 12.3 Å². The highest BCUT2D eigenvalue weighted by Gasteiger charge is 2.43. The summed E-state index contributed by atoms with van der Waals surface area (Å²) < 4.78 is 33.4. The molecule has 1 rings (SSSR count). The molecule has 0 aromatic heterocycles. The molecule has 0 saturated heterocycles. The number of halogens is 1. The van der Waals surface area contributed by atoms with E-state index < -0.39 is 10.2 Å². The van der Waals surface area contributed by atoms with Crippen molar-refractivity contribution < 1.29 is 12.3 Å². The molecule has 0 aromatic carbocycles. The second-order valence-electron chi connectivity index (χ2n) is 4.05. The predicted molar refractivity (Wildman–Crippen MR) is 46.0 cm³/mol. The van der Waals surface area contributed by atoms with Crippen LogP contribution in [0.5, 0.6) is 0 Å². The van der Waals surface area contributed by atoms with Crippen LogP contribution in [0.25, 0.3) is 0 Å². The van der Waals surface area contributed by atoms with Gasteiger partial charge in [-0.25, -0.2) is 0 Å². The van der Waals surface area contributed by atoms with Crippen molar-refractivity contribution in [1.82, 2.24) is 0 Å². The number of hydrogen-bond acceptors (Lipinski definition) is 2. The molecule has 0 aromatic rings. The van der Waals surface area contributed by atoms with Crippen molar-refractivity contribution in [2.24, 2.45) is 11.3 Å². The van der Waals surface area contributed by atoms with Crippen molar-refractivity contribution in [3.63, 3.8) is 0 Å². The van der Waals surface area contributed by atoms with Gasteiger partial charge in [0.25, 0.3) is 0 Å². The van der Waals surface area contributed by atoms with Gasteiger partial charge in [-0.1, -0.05) is 20.3 Å². The van der Waals surface area contributed by atoms with Crippen LogP contribution in [0.3, 0.4) is 0 Å². The van der Waals surface area contributed by atoms with Crippen molar-refractivity contribution in [2.75, 3.05) is 5.75 Å². The van der Waals surface area contributed by atoms with Crippen LogP contribution in [0.4, 0.5) is 3.89 Å². The minimum atomic E-state index is -4.29. The normalized spacial score (nSPS) is 22.3. The summed E-state index contributed by atoms with van der Waals surface area (Å²) in [6.45, 7) is 3.93. The van der Waals surface area contributed by atoms with Gasteiger partial charge in [-0.3, -0.25) is 0 Å². The van der Waals surface area contributed by atoms with Gasteiger partial charge in [0.15, 0.2) is 0 Å². The van der Waals surface area contributed by atoms with Gasteiger partial charge >= 0.3 is 10.2 Å². The van der Waals surface area contributed by atoms with E-state index >= 15 is 0 Å². The fourth-order valence-corrected chi connectivity index (χ4v) is 3.17. The third-order valence-electron chi connectivity index (χ3n) is 3.03. The molecule has 1 aliphatic carbocycles. The molecule has 0 aliphatic heterocycles. The quantitative estimate of drug-likeness (QED) is 0.645. The Morgan fingerprint density at radius 3 is 2.00 bits per heavy atom. The Labute approximate surface area is 73.4 Å². The highest BCUT2D eigenvalue weighted by Crippen LogP contribution is 2.48. The van der Waals surface area contributed by atoms with E-state index in [4.69, 9.17) is 0 Å². The maximum atomic E-state index is 12.4. The van der Waals surface area contributed by atoms with Crippen molar-refractivity contribution in [2.45, 2.75) is 33.1 Å². The molecule has 0 amide bonds. The van der Waals surface area contributed by atoms with E-state index in [1.165, 1.54) is 0 Å². The van der Waals surface area contributed by atoms with E-state index in [1.54, 1.807) is 0 Å². The van der Waals surface area contributed by atoms with Gasteiger partial charge in [0.1, 0.15) is 0 Å².